The van der Waals surface area contributed by atoms with Gasteiger partial charge in [-0.1, -0.05) is 17.3 Å². The SMILES string of the molecule is COc1ccc([C@H](Cc2nn[nH]n2)NC(=O)c2ncnc3[nH]ccc23)cc1. The number of ether oxygens (including phenoxy) is 1. The van der Waals surface area contributed by atoms with Crippen LogP contribution in [0, 0.1) is 0 Å². The number of nitrogens with zero attached hydrogens (tertiary/aromatic N) is 5. The molecule has 10 heteroatoms. The number of amides is 1. The third kappa shape index (κ3) is 3.45. The zero-order valence-electron chi connectivity index (χ0n) is 14.4. The van der Waals surface area contributed by atoms with Crippen molar-refractivity contribution in [1.29, 1.82) is 0 Å². The van der Waals surface area contributed by atoms with Crippen LogP contribution in [-0.4, -0.2) is 48.6 Å². The molecule has 0 aliphatic carbocycles. The number of H-pyrrole nitrogens is 2. The molecule has 0 aliphatic heterocycles. The first-order valence-corrected chi connectivity index (χ1v) is 8.20. The quantitative estimate of drug-likeness (QED) is 0.468. The Balaban J connectivity index is 1.63. The predicted octanol–water partition coefficient (Wildman–Crippen LogP) is 1.19. The number of tetrazole rings is 1. The zero-order chi connectivity index (χ0) is 18.6. The highest BCUT2D eigenvalue weighted by atomic mass is 16.5. The summed E-state index contributed by atoms with van der Waals surface area (Å²) in [5.74, 6) is 0.908. The maximum atomic E-state index is 12.9. The molecule has 0 unspecified atom stereocenters. The van der Waals surface area contributed by atoms with Crippen molar-refractivity contribution in [3.8, 4) is 5.75 Å². The number of methoxy groups -OCH3 is 1. The van der Waals surface area contributed by atoms with Crippen molar-refractivity contribution in [2.75, 3.05) is 7.11 Å². The van der Waals surface area contributed by atoms with Crippen molar-refractivity contribution in [3.05, 3.63) is 59.9 Å². The summed E-state index contributed by atoms with van der Waals surface area (Å²) in [6.07, 6.45) is 3.45. The molecule has 4 rings (SSSR count). The molecule has 1 amide bonds. The van der Waals surface area contributed by atoms with Crippen LogP contribution >= 0.6 is 0 Å². The van der Waals surface area contributed by atoms with E-state index in [1.54, 1.807) is 19.4 Å². The van der Waals surface area contributed by atoms with Crippen LogP contribution in [0.4, 0.5) is 0 Å². The van der Waals surface area contributed by atoms with Crippen LogP contribution < -0.4 is 10.1 Å². The molecule has 1 atom stereocenters. The third-order valence-corrected chi connectivity index (χ3v) is 4.17. The molecule has 3 aromatic heterocycles. The van der Waals surface area contributed by atoms with Crippen molar-refractivity contribution < 1.29 is 9.53 Å². The fourth-order valence-corrected chi connectivity index (χ4v) is 2.82. The van der Waals surface area contributed by atoms with Gasteiger partial charge in [-0.2, -0.15) is 5.21 Å². The van der Waals surface area contributed by atoms with Crippen LogP contribution in [0.3, 0.4) is 0 Å². The first-order valence-electron chi connectivity index (χ1n) is 8.20. The topological polar surface area (TPSA) is 134 Å². The third-order valence-electron chi connectivity index (χ3n) is 4.17. The fraction of sp³-hybridized carbons (Fsp3) is 0.176. The van der Waals surface area contributed by atoms with Crippen molar-refractivity contribution in [2.24, 2.45) is 0 Å². The normalized spacial score (nSPS) is 12.0. The number of aromatic amines is 2. The average molecular weight is 364 g/mol. The molecule has 1 aromatic carbocycles. The minimum atomic E-state index is -0.370. The highest BCUT2D eigenvalue weighted by molar-refractivity contribution is 6.03. The van der Waals surface area contributed by atoms with E-state index >= 15 is 0 Å². The maximum Gasteiger partial charge on any atom is 0.271 e. The van der Waals surface area contributed by atoms with Crippen LogP contribution in [-0.2, 0) is 6.42 Å². The molecule has 10 nitrogen and oxygen atoms in total. The van der Waals surface area contributed by atoms with Gasteiger partial charge in [-0.05, 0) is 23.8 Å². The van der Waals surface area contributed by atoms with Gasteiger partial charge in [-0.25, -0.2) is 9.97 Å². The second-order valence-electron chi connectivity index (χ2n) is 5.79. The van der Waals surface area contributed by atoms with Gasteiger partial charge >= 0.3 is 0 Å². The van der Waals surface area contributed by atoms with E-state index in [2.05, 4.69) is 40.9 Å². The van der Waals surface area contributed by atoms with E-state index in [-0.39, 0.29) is 11.9 Å². The predicted molar refractivity (Wildman–Crippen MR) is 95.0 cm³/mol. The Morgan fingerprint density at radius 2 is 2.07 bits per heavy atom. The van der Waals surface area contributed by atoms with E-state index in [9.17, 15) is 4.79 Å². The molecular weight excluding hydrogens is 348 g/mol. The van der Waals surface area contributed by atoms with Gasteiger partial charge in [-0.3, -0.25) is 4.79 Å². The molecule has 3 N–H and O–H groups in total. The number of nitrogens with one attached hydrogen (secondary N) is 3. The first kappa shape index (κ1) is 16.6. The van der Waals surface area contributed by atoms with Crippen LogP contribution in [0.1, 0.15) is 27.9 Å². The van der Waals surface area contributed by atoms with Crippen molar-refractivity contribution >= 4 is 16.9 Å². The van der Waals surface area contributed by atoms with Gasteiger partial charge in [0.05, 0.1) is 18.5 Å². The summed E-state index contributed by atoms with van der Waals surface area (Å²) in [7, 11) is 1.60. The summed E-state index contributed by atoms with van der Waals surface area (Å²) >= 11 is 0. The number of hydrogen-bond donors (Lipinski definition) is 3. The van der Waals surface area contributed by atoms with E-state index in [0.29, 0.717) is 29.0 Å². The van der Waals surface area contributed by atoms with Gasteiger partial charge in [-0.15, -0.1) is 10.2 Å². The molecule has 3 heterocycles. The standard InChI is InChI=1S/C17H16N8O2/c1-27-11-4-2-10(3-5-11)13(8-14-22-24-25-23-14)21-17(26)15-12-6-7-18-16(12)20-9-19-15/h2-7,9,13H,8H2,1H3,(H,21,26)(H,18,19,20)(H,22,23,24,25)/t13-/m0/s1. The Hall–Kier alpha value is -3.82. The van der Waals surface area contributed by atoms with Gasteiger partial charge in [0.2, 0.25) is 0 Å². The average Bonchev–Trinajstić information content (AvgIpc) is 3.38. The number of hydrogen-bond acceptors (Lipinski definition) is 7. The van der Waals surface area contributed by atoms with Crippen LogP contribution in [0.5, 0.6) is 5.75 Å². The number of benzene rings is 1. The Labute approximate surface area is 153 Å². The molecule has 0 saturated carbocycles. The van der Waals surface area contributed by atoms with Crippen LogP contribution in [0.15, 0.2) is 42.9 Å². The van der Waals surface area contributed by atoms with Gasteiger partial charge in [0.1, 0.15) is 23.4 Å². The van der Waals surface area contributed by atoms with Crippen LogP contribution in [0.2, 0.25) is 0 Å². The summed E-state index contributed by atoms with van der Waals surface area (Å²) < 4.78 is 5.20. The number of aromatic nitrogens is 7. The minimum Gasteiger partial charge on any atom is -0.497 e. The smallest absolute Gasteiger partial charge is 0.271 e. The van der Waals surface area contributed by atoms with E-state index in [4.69, 9.17) is 4.74 Å². The summed E-state index contributed by atoms with van der Waals surface area (Å²) in [6.45, 7) is 0. The molecule has 0 fully saturated rings. The van der Waals surface area contributed by atoms with Gasteiger partial charge in [0, 0.05) is 12.6 Å². The number of carbonyl (C=O) groups excluding carboxylic acids is 1. The largest absolute Gasteiger partial charge is 0.497 e. The number of rotatable bonds is 6. The molecule has 0 aliphatic rings. The second kappa shape index (κ2) is 7.20. The molecule has 4 aromatic rings. The molecule has 27 heavy (non-hydrogen) atoms. The lowest BCUT2D eigenvalue weighted by molar-refractivity contribution is 0.0933. The molecule has 0 spiro atoms. The van der Waals surface area contributed by atoms with Crippen molar-refractivity contribution in [1.82, 2.24) is 40.9 Å². The van der Waals surface area contributed by atoms with E-state index in [1.165, 1.54) is 6.33 Å². The minimum absolute atomic E-state index is 0.299. The summed E-state index contributed by atoms with van der Waals surface area (Å²) in [4.78, 5) is 24.1. The second-order valence-corrected chi connectivity index (χ2v) is 5.79. The van der Waals surface area contributed by atoms with Gasteiger partial charge in [0.25, 0.3) is 5.91 Å². The summed E-state index contributed by atoms with van der Waals surface area (Å²) in [5.41, 5.74) is 1.79. The molecule has 0 bridgehead atoms. The molecule has 136 valence electrons. The number of fused-ring (bicyclic) bond motifs is 1. The Morgan fingerprint density at radius 3 is 2.81 bits per heavy atom. The molecular formula is C17H16N8O2. The molecule has 0 saturated heterocycles. The van der Waals surface area contributed by atoms with Crippen molar-refractivity contribution in [3.63, 3.8) is 0 Å². The maximum absolute atomic E-state index is 12.9. The lowest BCUT2D eigenvalue weighted by atomic mass is 10.0. The van der Waals surface area contributed by atoms with E-state index in [0.717, 1.165) is 11.3 Å². The van der Waals surface area contributed by atoms with E-state index < -0.39 is 0 Å². The summed E-state index contributed by atoms with van der Waals surface area (Å²) in [6, 6.07) is 8.83. The summed E-state index contributed by atoms with van der Waals surface area (Å²) in [5, 5.41) is 17.6. The zero-order valence-corrected chi connectivity index (χ0v) is 14.4. The molecule has 0 radical (unpaired) electrons. The Bertz CT molecular complexity index is 1040. The lowest BCUT2D eigenvalue weighted by Gasteiger charge is -2.18. The van der Waals surface area contributed by atoms with Crippen LogP contribution in [0.25, 0.3) is 11.0 Å². The number of carbonyl (C=O) groups is 1. The first-order chi connectivity index (χ1) is 13.2. The Morgan fingerprint density at radius 1 is 1.22 bits per heavy atom. The highest BCUT2D eigenvalue weighted by Crippen LogP contribution is 2.21. The van der Waals surface area contributed by atoms with Crippen molar-refractivity contribution in [2.45, 2.75) is 12.5 Å². The Kier molecular flexibility index (Phi) is 4.44. The van der Waals surface area contributed by atoms with Gasteiger partial charge in [0.15, 0.2) is 5.82 Å². The van der Waals surface area contributed by atoms with E-state index in [1.807, 2.05) is 24.3 Å². The highest BCUT2D eigenvalue weighted by Gasteiger charge is 2.21. The fourth-order valence-electron chi connectivity index (χ4n) is 2.82. The monoisotopic (exact) mass is 364 g/mol. The van der Waals surface area contributed by atoms with Gasteiger partial charge < -0.3 is 15.0 Å². The lowest BCUT2D eigenvalue weighted by Crippen LogP contribution is -2.31.